The van der Waals surface area contributed by atoms with E-state index in [2.05, 4.69) is 33.0 Å². The molecule has 1 N–H and O–H groups in total. The number of hydrogen-bond acceptors (Lipinski definition) is 1. The first-order valence-corrected chi connectivity index (χ1v) is 7.67. The fourth-order valence-electron chi connectivity index (χ4n) is 3.33. The Hall–Kier alpha value is -0.0400. The molecule has 0 spiro atoms. The topological polar surface area (TPSA) is 12.0 Å². The van der Waals surface area contributed by atoms with E-state index in [0.717, 1.165) is 12.0 Å². The summed E-state index contributed by atoms with van der Waals surface area (Å²) in [5.41, 5.74) is 1.26. The second-order valence-electron chi connectivity index (χ2n) is 7.69. The molecule has 2 saturated carbocycles. The molecule has 100 valence electrons. The second kappa shape index (κ2) is 4.91. The Morgan fingerprint density at radius 3 is 2.35 bits per heavy atom. The Balaban J connectivity index is 1.76. The molecule has 0 aromatic rings. The zero-order valence-corrected chi connectivity index (χ0v) is 12.3. The highest BCUT2D eigenvalue weighted by molar-refractivity contribution is 4.98. The SMILES string of the molecule is CC(C)C1(CNC2CCCC(C)(C)CC2)CC1. The van der Waals surface area contributed by atoms with Crippen LogP contribution in [0.15, 0.2) is 0 Å². The number of nitrogens with one attached hydrogen (secondary N) is 1. The summed E-state index contributed by atoms with van der Waals surface area (Å²) in [7, 11) is 0. The maximum absolute atomic E-state index is 3.88. The van der Waals surface area contributed by atoms with Gasteiger partial charge in [-0.05, 0) is 55.3 Å². The molecule has 17 heavy (non-hydrogen) atoms. The van der Waals surface area contributed by atoms with Crippen molar-refractivity contribution in [2.24, 2.45) is 16.7 Å². The van der Waals surface area contributed by atoms with Crippen LogP contribution >= 0.6 is 0 Å². The molecule has 0 aromatic carbocycles. The van der Waals surface area contributed by atoms with Gasteiger partial charge in [0.15, 0.2) is 0 Å². The summed E-state index contributed by atoms with van der Waals surface area (Å²) in [4.78, 5) is 0. The smallest absolute Gasteiger partial charge is 0.00675 e. The molecule has 2 aliphatic carbocycles. The third-order valence-electron chi connectivity index (χ3n) is 5.44. The van der Waals surface area contributed by atoms with Gasteiger partial charge in [0.05, 0.1) is 0 Å². The molecule has 0 aromatic heterocycles. The van der Waals surface area contributed by atoms with Crippen LogP contribution in [0.1, 0.15) is 72.6 Å². The third kappa shape index (κ3) is 3.47. The van der Waals surface area contributed by atoms with E-state index in [-0.39, 0.29) is 0 Å². The molecule has 2 fully saturated rings. The summed E-state index contributed by atoms with van der Waals surface area (Å²) in [5.74, 6) is 0.859. The van der Waals surface area contributed by atoms with E-state index in [0.29, 0.717) is 10.8 Å². The maximum Gasteiger partial charge on any atom is 0.00675 e. The minimum atomic E-state index is 0.589. The monoisotopic (exact) mass is 237 g/mol. The van der Waals surface area contributed by atoms with Crippen LogP contribution in [0, 0.1) is 16.7 Å². The first-order chi connectivity index (χ1) is 7.94. The fourth-order valence-corrected chi connectivity index (χ4v) is 3.33. The molecule has 1 atom stereocenters. The first-order valence-electron chi connectivity index (χ1n) is 7.67. The average Bonchev–Trinajstić information content (AvgIpc) is 3.01. The minimum Gasteiger partial charge on any atom is -0.313 e. The van der Waals surface area contributed by atoms with E-state index < -0.39 is 0 Å². The molecule has 0 saturated heterocycles. The highest BCUT2D eigenvalue weighted by Crippen LogP contribution is 2.51. The summed E-state index contributed by atoms with van der Waals surface area (Å²) in [6.07, 6.45) is 9.93. The van der Waals surface area contributed by atoms with Crippen LogP contribution in [-0.2, 0) is 0 Å². The van der Waals surface area contributed by atoms with E-state index in [1.54, 1.807) is 0 Å². The van der Waals surface area contributed by atoms with Crippen LogP contribution in [0.5, 0.6) is 0 Å². The van der Waals surface area contributed by atoms with Gasteiger partial charge in [-0.25, -0.2) is 0 Å². The van der Waals surface area contributed by atoms with Crippen LogP contribution in [0.3, 0.4) is 0 Å². The van der Waals surface area contributed by atoms with Crippen molar-refractivity contribution < 1.29 is 0 Å². The van der Waals surface area contributed by atoms with Crippen molar-refractivity contribution in [2.45, 2.75) is 78.7 Å². The van der Waals surface area contributed by atoms with Crippen molar-refractivity contribution in [2.75, 3.05) is 6.54 Å². The highest BCUT2D eigenvalue weighted by atomic mass is 14.9. The lowest BCUT2D eigenvalue weighted by Crippen LogP contribution is -2.35. The van der Waals surface area contributed by atoms with Gasteiger partial charge in [0.25, 0.3) is 0 Å². The van der Waals surface area contributed by atoms with Gasteiger partial charge in [-0.1, -0.05) is 34.1 Å². The van der Waals surface area contributed by atoms with Gasteiger partial charge in [-0.2, -0.15) is 0 Å². The van der Waals surface area contributed by atoms with Gasteiger partial charge in [0.2, 0.25) is 0 Å². The Kier molecular flexibility index (Phi) is 3.87. The summed E-state index contributed by atoms with van der Waals surface area (Å²) < 4.78 is 0. The molecule has 1 heteroatoms. The summed E-state index contributed by atoms with van der Waals surface area (Å²) in [6.45, 7) is 10.9. The largest absolute Gasteiger partial charge is 0.313 e. The van der Waals surface area contributed by atoms with Gasteiger partial charge < -0.3 is 5.32 Å². The molecule has 0 amide bonds. The Labute approximate surface area is 108 Å². The van der Waals surface area contributed by atoms with E-state index >= 15 is 0 Å². The van der Waals surface area contributed by atoms with Crippen molar-refractivity contribution in [3.8, 4) is 0 Å². The van der Waals surface area contributed by atoms with Gasteiger partial charge in [-0.15, -0.1) is 0 Å². The van der Waals surface area contributed by atoms with Crippen molar-refractivity contribution in [1.29, 1.82) is 0 Å². The molecule has 1 unspecified atom stereocenters. The zero-order chi connectivity index (χ0) is 12.5. The molecule has 0 radical (unpaired) electrons. The molecule has 2 rings (SSSR count). The van der Waals surface area contributed by atoms with Crippen molar-refractivity contribution >= 4 is 0 Å². The van der Waals surface area contributed by atoms with Crippen molar-refractivity contribution in [3.63, 3.8) is 0 Å². The minimum absolute atomic E-state index is 0.589. The lowest BCUT2D eigenvalue weighted by Gasteiger charge is -2.25. The van der Waals surface area contributed by atoms with Crippen LogP contribution in [0.4, 0.5) is 0 Å². The first kappa shape index (κ1) is 13.4. The van der Waals surface area contributed by atoms with Crippen LogP contribution in [-0.4, -0.2) is 12.6 Å². The molecule has 2 aliphatic rings. The van der Waals surface area contributed by atoms with Crippen molar-refractivity contribution in [1.82, 2.24) is 5.32 Å². The zero-order valence-electron chi connectivity index (χ0n) is 12.3. The molecular formula is C16H31N. The predicted octanol–water partition coefficient (Wildman–Crippen LogP) is 4.37. The van der Waals surface area contributed by atoms with E-state index in [4.69, 9.17) is 0 Å². The Bertz CT molecular complexity index is 250. The molecular weight excluding hydrogens is 206 g/mol. The second-order valence-corrected chi connectivity index (χ2v) is 7.69. The van der Waals surface area contributed by atoms with Crippen LogP contribution in [0.2, 0.25) is 0 Å². The fraction of sp³-hybridized carbons (Fsp3) is 1.00. The molecule has 0 bridgehead atoms. The summed E-state index contributed by atoms with van der Waals surface area (Å²) in [5, 5.41) is 3.88. The summed E-state index contributed by atoms with van der Waals surface area (Å²) >= 11 is 0. The van der Waals surface area contributed by atoms with Gasteiger partial charge in [0.1, 0.15) is 0 Å². The van der Waals surface area contributed by atoms with Gasteiger partial charge >= 0.3 is 0 Å². The van der Waals surface area contributed by atoms with Crippen molar-refractivity contribution in [3.05, 3.63) is 0 Å². The molecule has 0 heterocycles. The van der Waals surface area contributed by atoms with Crippen LogP contribution in [0.25, 0.3) is 0 Å². The Morgan fingerprint density at radius 2 is 1.76 bits per heavy atom. The number of rotatable bonds is 4. The highest BCUT2D eigenvalue weighted by Gasteiger charge is 2.45. The third-order valence-corrected chi connectivity index (χ3v) is 5.44. The standard InChI is InChI=1S/C16H31N/c1-13(2)16(10-11-16)12-17-14-6-5-8-15(3,4)9-7-14/h13-14,17H,5-12H2,1-4H3. The lowest BCUT2D eigenvalue weighted by atomic mass is 9.85. The molecule has 1 nitrogen and oxygen atoms in total. The lowest BCUT2D eigenvalue weighted by molar-refractivity contribution is 0.294. The molecule has 0 aliphatic heterocycles. The van der Waals surface area contributed by atoms with E-state index in [9.17, 15) is 0 Å². The average molecular weight is 237 g/mol. The Morgan fingerprint density at radius 1 is 1.06 bits per heavy atom. The van der Waals surface area contributed by atoms with Crippen LogP contribution < -0.4 is 5.32 Å². The van der Waals surface area contributed by atoms with E-state index in [1.807, 2.05) is 0 Å². The van der Waals surface area contributed by atoms with Gasteiger partial charge in [0, 0.05) is 12.6 Å². The normalized spacial score (nSPS) is 31.2. The number of hydrogen-bond donors (Lipinski definition) is 1. The maximum atomic E-state index is 3.88. The quantitative estimate of drug-likeness (QED) is 0.716. The predicted molar refractivity (Wildman–Crippen MR) is 75.2 cm³/mol. The van der Waals surface area contributed by atoms with E-state index in [1.165, 1.54) is 51.5 Å². The van der Waals surface area contributed by atoms with Gasteiger partial charge in [-0.3, -0.25) is 0 Å². The summed E-state index contributed by atoms with van der Waals surface area (Å²) in [6, 6.07) is 0.799.